The Morgan fingerprint density at radius 1 is 0.619 bits per heavy atom. The Labute approximate surface area is 106 Å². The Bertz CT molecular complexity index is 484. The van der Waals surface area contributed by atoms with Gasteiger partial charge >= 0.3 is 39.8 Å². The van der Waals surface area contributed by atoms with Gasteiger partial charge in [0.2, 0.25) is 0 Å². The third-order valence-electron chi connectivity index (χ3n) is 1.61. The molecule has 0 N–H and O–H groups in total. The van der Waals surface area contributed by atoms with Gasteiger partial charge in [-0.25, -0.2) is 0 Å². The molecule has 21 heavy (non-hydrogen) atoms. The predicted molar refractivity (Wildman–Crippen MR) is 37.0 cm³/mol. The van der Waals surface area contributed by atoms with Crippen LogP contribution in [-0.4, -0.2) is 38.1 Å². The highest BCUT2D eigenvalue weighted by Crippen LogP contribution is 2.54. The maximum absolute atomic E-state index is 12.4. The molecule has 0 saturated heterocycles. The van der Waals surface area contributed by atoms with E-state index in [1.54, 1.807) is 0 Å². The minimum Gasteiger partial charge on any atom is -0.189 e. The summed E-state index contributed by atoms with van der Waals surface area (Å²) in [6.45, 7) is 0. The summed E-state index contributed by atoms with van der Waals surface area (Å²) in [6, 6.07) is 0. The Hall–Kier alpha value is -0.930. The van der Waals surface area contributed by atoms with Crippen molar-refractivity contribution >= 4 is 10.1 Å². The van der Waals surface area contributed by atoms with Crippen LogP contribution in [0.2, 0.25) is 0 Å². The van der Waals surface area contributed by atoms with E-state index < -0.39 is 39.8 Å². The second kappa shape index (κ2) is 4.79. The SMILES string of the molecule is O=S(=O)(OC(F)(F)C(F)(F)C(F)(F)C(F)(F)F)C(F)(F)F. The van der Waals surface area contributed by atoms with Gasteiger partial charge in [0, 0.05) is 0 Å². The molecule has 3 nitrogen and oxygen atoms in total. The highest BCUT2D eigenvalue weighted by Gasteiger charge is 2.84. The van der Waals surface area contributed by atoms with E-state index in [2.05, 4.69) is 0 Å². The van der Waals surface area contributed by atoms with Crippen LogP contribution in [0.5, 0.6) is 0 Å². The lowest BCUT2D eigenvalue weighted by molar-refractivity contribution is -0.428. The maximum Gasteiger partial charge on any atom is 0.523 e. The molecule has 0 fully saturated rings. The van der Waals surface area contributed by atoms with Gasteiger partial charge in [-0.05, 0) is 0 Å². The molecule has 0 heterocycles. The molecule has 0 aromatic carbocycles. The first-order valence-corrected chi connectivity index (χ1v) is 5.33. The van der Waals surface area contributed by atoms with Gasteiger partial charge in [-0.15, -0.1) is 0 Å². The molecule has 128 valence electrons. The second-order valence-corrected chi connectivity index (χ2v) is 4.68. The number of hydrogen-bond donors (Lipinski definition) is 0. The fourth-order valence-electron chi connectivity index (χ4n) is 0.598. The van der Waals surface area contributed by atoms with E-state index in [1.807, 2.05) is 0 Å². The van der Waals surface area contributed by atoms with E-state index in [0.29, 0.717) is 0 Å². The van der Waals surface area contributed by atoms with Crippen LogP contribution in [0.1, 0.15) is 0 Å². The lowest BCUT2D eigenvalue weighted by atomic mass is 10.1. The lowest BCUT2D eigenvalue weighted by Crippen LogP contribution is -2.62. The van der Waals surface area contributed by atoms with Crippen LogP contribution in [0.4, 0.5) is 52.7 Å². The van der Waals surface area contributed by atoms with E-state index in [-0.39, 0.29) is 0 Å². The third kappa shape index (κ3) is 3.29. The van der Waals surface area contributed by atoms with E-state index in [9.17, 15) is 61.1 Å². The molecule has 0 atom stereocenters. The van der Waals surface area contributed by atoms with Gasteiger partial charge in [0.05, 0.1) is 0 Å². The molecule has 0 bridgehead atoms. The minimum atomic E-state index is -7.64. The van der Waals surface area contributed by atoms with Crippen molar-refractivity contribution in [2.45, 2.75) is 29.6 Å². The molecule has 0 unspecified atom stereocenters. The average Bonchev–Trinajstić information content (AvgIpc) is 2.11. The van der Waals surface area contributed by atoms with Gasteiger partial charge < -0.3 is 0 Å². The average molecular weight is 368 g/mol. The standard InChI is InChI=1S/C5F12O3S/c6-1(7,3(10,11)12)2(8,9)4(13,14)20-21(18,19)5(15,16)17. The Balaban J connectivity index is 5.83. The summed E-state index contributed by atoms with van der Waals surface area (Å²) in [5.74, 6) is -15.2. The van der Waals surface area contributed by atoms with Crippen molar-refractivity contribution < 1.29 is 65.3 Å². The van der Waals surface area contributed by atoms with Gasteiger partial charge in [0.25, 0.3) is 0 Å². The summed E-state index contributed by atoms with van der Waals surface area (Å²) in [4.78, 5) is 0. The van der Waals surface area contributed by atoms with Gasteiger partial charge in [-0.1, -0.05) is 0 Å². The normalized spacial score (nSPS) is 16.2. The van der Waals surface area contributed by atoms with Crippen molar-refractivity contribution in [2.75, 3.05) is 0 Å². The van der Waals surface area contributed by atoms with Gasteiger partial charge in [-0.2, -0.15) is 65.3 Å². The molecule has 0 aliphatic heterocycles. The summed E-state index contributed by atoms with van der Waals surface area (Å²) in [6.07, 6.45) is -14.7. The van der Waals surface area contributed by atoms with Crippen LogP contribution >= 0.6 is 0 Å². The van der Waals surface area contributed by atoms with Crippen molar-refractivity contribution in [1.82, 2.24) is 0 Å². The molecule has 0 aliphatic rings. The topological polar surface area (TPSA) is 43.4 Å². The van der Waals surface area contributed by atoms with Crippen LogP contribution in [-0.2, 0) is 14.3 Å². The van der Waals surface area contributed by atoms with Crippen LogP contribution in [0, 0.1) is 0 Å². The molecule has 16 heteroatoms. The number of hydrogen-bond acceptors (Lipinski definition) is 3. The molecule has 0 aliphatic carbocycles. The van der Waals surface area contributed by atoms with Crippen LogP contribution in [0.15, 0.2) is 0 Å². The molecule has 0 radical (unpaired) electrons. The lowest BCUT2D eigenvalue weighted by Gasteiger charge is -2.32. The molecule has 0 amide bonds. The van der Waals surface area contributed by atoms with Gasteiger partial charge in [0.1, 0.15) is 0 Å². The molecule has 0 aromatic rings. The van der Waals surface area contributed by atoms with E-state index >= 15 is 0 Å². The fraction of sp³-hybridized carbons (Fsp3) is 1.00. The third-order valence-corrected chi connectivity index (χ3v) is 2.61. The Morgan fingerprint density at radius 3 is 1.19 bits per heavy atom. The van der Waals surface area contributed by atoms with Crippen LogP contribution < -0.4 is 0 Å². The zero-order valence-corrected chi connectivity index (χ0v) is 9.49. The molecule has 0 aromatic heterocycles. The molecular weight excluding hydrogens is 368 g/mol. The van der Waals surface area contributed by atoms with Crippen molar-refractivity contribution in [3.8, 4) is 0 Å². The zero-order valence-electron chi connectivity index (χ0n) is 8.67. The largest absolute Gasteiger partial charge is 0.523 e. The molecule has 0 saturated carbocycles. The summed E-state index contributed by atoms with van der Waals surface area (Å²) in [5, 5.41) is 0. The monoisotopic (exact) mass is 368 g/mol. The fourth-order valence-corrected chi connectivity index (χ4v) is 1.07. The van der Waals surface area contributed by atoms with Crippen LogP contribution in [0.3, 0.4) is 0 Å². The van der Waals surface area contributed by atoms with Gasteiger partial charge in [-0.3, -0.25) is 0 Å². The molecule has 0 spiro atoms. The smallest absolute Gasteiger partial charge is 0.189 e. The number of alkyl halides is 12. The Morgan fingerprint density at radius 2 is 0.952 bits per heavy atom. The van der Waals surface area contributed by atoms with Crippen molar-refractivity contribution in [1.29, 1.82) is 0 Å². The molecule has 0 rings (SSSR count). The highest BCUT2D eigenvalue weighted by molar-refractivity contribution is 7.87. The quantitative estimate of drug-likeness (QED) is 0.435. The first-order chi connectivity index (χ1) is 8.71. The van der Waals surface area contributed by atoms with E-state index in [1.165, 1.54) is 4.18 Å². The number of rotatable bonds is 4. The van der Waals surface area contributed by atoms with E-state index in [4.69, 9.17) is 0 Å². The Kier molecular flexibility index (Phi) is 4.57. The predicted octanol–water partition coefficient (Wildman–Crippen LogP) is 3.28. The van der Waals surface area contributed by atoms with Crippen molar-refractivity contribution in [3.05, 3.63) is 0 Å². The number of halogens is 12. The minimum absolute atomic E-state index is 1.52. The summed E-state index contributed by atoms with van der Waals surface area (Å²) < 4.78 is 165. The van der Waals surface area contributed by atoms with Crippen molar-refractivity contribution in [2.24, 2.45) is 0 Å². The summed E-state index contributed by atoms with van der Waals surface area (Å²) in [7, 11) is -7.58. The van der Waals surface area contributed by atoms with Crippen LogP contribution in [0.25, 0.3) is 0 Å². The van der Waals surface area contributed by atoms with Gasteiger partial charge in [0.15, 0.2) is 0 Å². The zero-order chi connectivity index (χ0) is 17.7. The highest BCUT2D eigenvalue weighted by atomic mass is 32.2. The second-order valence-electron chi connectivity index (χ2n) is 3.15. The summed E-state index contributed by atoms with van der Waals surface area (Å²) in [5.41, 5.74) is -6.76. The molecular formula is C5F12O3S. The first kappa shape index (κ1) is 20.1. The summed E-state index contributed by atoms with van der Waals surface area (Å²) >= 11 is 0. The maximum atomic E-state index is 12.4. The first-order valence-electron chi connectivity index (χ1n) is 3.93. The van der Waals surface area contributed by atoms with Crippen molar-refractivity contribution in [3.63, 3.8) is 0 Å². The van der Waals surface area contributed by atoms with E-state index in [0.717, 1.165) is 0 Å².